The number of benzene rings is 1. The highest BCUT2D eigenvalue weighted by Crippen LogP contribution is 2.31. The van der Waals surface area contributed by atoms with Crippen LogP contribution in [-0.2, 0) is 11.0 Å². The molecule has 0 N–H and O–H groups in total. The smallest absolute Gasteiger partial charge is 0.365 e. The molecule has 1 aromatic carbocycles. The zero-order valence-corrected chi connectivity index (χ0v) is 10.00. The van der Waals surface area contributed by atoms with Crippen LogP contribution in [0.2, 0.25) is 0 Å². The fraction of sp³-hybridized carbons (Fsp3) is 0.462. The van der Waals surface area contributed by atoms with Crippen LogP contribution in [0.5, 0.6) is 0 Å². The van der Waals surface area contributed by atoms with Crippen molar-refractivity contribution in [2.45, 2.75) is 31.5 Å². The molecule has 1 unspecified atom stereocenters. The van der Waals surface area contributed by atoms with Gasteiger partial charge in [-0.2, -0.15) is 13.2 Å². The summed E-state index contributed by atoms with van der Waals surface area (Å²) in [5, 5.41) is 0. The molecule has 98 valence electrons. The number of carbonyl (C=O) groups is 1. The van der Waals surface area contributed by atoms with Crippen LogP contribution in [0.15, 0.2) is 24.3 Å². The van der Waals surface area contributed by atoms with Crippen LogP contribution in [-0.4, -0.2) is 18.9 Å². The zero-order chi connectivity index (χ0) is 13.3. The second kappa shape index (κ2) is 4.63. The fourth-order valence-corrected chi connectivity index (χ4v) is 2.27. The van der Waals surface area contributed by atoms with Crippen molar-refractivity contribution in [1.29, 1.82) is 0 Å². The lowest BCUT2D eigenvalue weighted by molar-refractivity contribution is -0.137. The summed E-state index contributed by atoms with van der Waals surface area (Å²) in [6.45, 7) is 0. The number of ketones is 1. The molecule has 1 aromatic rings. The lowest BCUT2D eigenvalue weighted by Gasteiger charge is -2.25. The molecule has 5 heteroatoms. The van der Waals surface area contributed by atoms with E-state index >= 15 is 0 Å². The number of carbonyl (C=O) groups excluding carboxylic acids is 1. The average Bonchev–Trinajstić information content (AvgIpc) is 2.73. The summed E-state index contributed by atoms with van der Waals surface area (Å²) >= 11 is 0. The van der Waals surface area contributed by atoms with E-state index in [9.17, 15) is 18.0 Å². The zero-order valence-electron chi connectivity index (χ0n) is 10.00. The normalized spacial score (nSPS) is 20.2. The standard InChI is InChI=1S/C13H14F3NO/c1-17(11-3-2-4-12(11)18)10-7-5-9(6-8-10)13(14,15)16/h5-8,11H,2-4H2,1H3. The predicted octanol–water partition coefficient (Wildman–Crippen LogP) is 3.26. The number of anilines is 1. The van der Waals surface area contributed by atoms with Gasteiger partial charge in [-0.15, -0.1) is 0 Å². The van der Waals surface area contributed by atoms with Gasteiger partial charge in [-0.1, -0.05) is 0 Å². The van der Waals surface area contributed by atoms with Gasteiger partial charge >= 0.3 is 6.18 Å². The second-order valence-corrected chi connectivity index (χ2v) is 4.53. The number of nitrogens with zero attached hydrogens (tertiary/aromatic N) is 1. The molecular weight excluding hydrogens is 243 g/mol. The SMILES string of the molecule is CN(c1ccc(C(F)(F)F)cc1)C1CCCC1=O. The van der Waals surface area contributed by atoms with Gasteiger partial charge in [0.05, 0.1) is 11.6 Å². The molecule has 1 atom stereocenters. The second-order valence-electron chi connectivity index (χ2n) is 4.53. The molecule has 0 saturated heterocycles. The molecule has 2 rings (SSSR count). The molecule has 1 aliphatic carbocycles. The number of hydrogen-bond donors (Lipinski definition) is 0. The van der Waals surface area contributed by atoms with Gasteiger partial charge in [0, 0.05) is 19.2 Å². The molecule has 1 aliphatic rings. The van der Waals surface area contributed by atoms with Gasteiger partial charge in [0.1, 0.15) is 0 Å². The maximum atomic E-state index is 12.4. The Hall–Kier alpha value is -1.52. The van der Waals surface area contributed by atoms with Gasteiger partial charge in [0.25, 0.3) is 0 Å². The molecule has 0 amide bonds. The topological polar surface area (TPSA) is 20.3 Å². The third-order valence-corrected chi connectivity index (χ3v) is 3.34. The molecule has 2 nitrogen and oxygen atoms in total. The number of hydrogen-bond acceptors (Lipinski definition) is 2. The summed E-state index contributed by atoms with van der Waals surface area (Å²) in [6, 6.07) is 4.72. The first-order valence-corrected chi connectivity index (χ1v) is 5.82. The van der Waals surface area contributed by atoms with Gasteiger partial charge in [-0.25, -0.2) is 0 Å². The molecule has 1 saturated carbocycles. The van der Waals surface area contributed by atoms with Gasteiger partial charge in [-0.3, -0.25) is 4.79 Å². The third-order valence-electron chi connectivity index (χ3n) is 3.34. The van der Waals surface area contributed by atoms with Crippen molar-refractivity contribution in [3.8, 4) is 0 Å². The quantitative estimate of drug-likeness (QED) is 0.810. The van der Waals surface area contributed by atoms with Crippen LogP contribution >= 0.6 is 0 Å². The Morgan fingerprint density at radius 3 is 2.28 bits per heavy atom. The summed E-state index contributed by atoms with van der Waals surface area (Å²) in [5.74, 6) is 0.164. The molecule has 1 fully saturated rings. The molecule has 18 heavy (non-hydrogen) atoms. The molecule has 0 aliphatic heterocycles. The first-order chi connectivity index (χ1) is 8.39. The Labute approximate surface area is 103 Å². The third kappa shape index (κ3) is 2.49. The van der Waals surface area contributed by atoms with E-state index in [0.29, 0.717) is 12.1 Å². The maximum Gasteiger partial charge on any atom is 0.416 e. The van der Waals surface area contributed by atoms with E-state index in [1.165, 1.54) is 12.1 Å². The molecule has 0 aromatic heterocycles. The highest BCUT2D eigenvalue weighted by atomic mass is 19.4. The molecule has 0 bridgehead atoms. The summed E-state index contributed by atoms with van der Waals surface area (Å²) in [7, 11) is 1.75. The number of halogens is 3. The summed E-state index contributed by atoms with van der Waals surface area (Å²) < 4.78 is 37.2. The van der Waals surface area contributed by atoms with Crippen LogP contribution in [0.1, 0.15) is 24.8 Å². The molecule has 0 heterocycles. The van der Waals surface area contributed by atoms with E-state index in [2.05, 4.69) is 0 Å². The Morgan fingerprint density at radius 2 is 1.83 bits per heavy atom. The first kappa shape index (κ1) is 12.9. The van der Waals surface area contributed by atoms with E-state index in [0.717, 1.165) is 25.0 Å². The summed E-state index contributed by atoms with van der Waals surface area (Å²) in [6.07, 6.45) is -2.12. The lowest BCUT2D eigenvalue weighted by atomic mass is 10.1. The first-order valence-electron chi connectivity index (χ1n) is 5.82. The van der Waals surface area contributed by atoms with Crippen molar-refractivity contribution in [2.75, 3.05) is 11.9 Å². The Balaban J connectivity index is 2.17. The maximum absolute atomic E-state index is 12.4. The predicted molar refractivity (Wildman–Crippen MR) is 62.5 cm³/mol. The van der Waals surface area contributed by atoms with E-state index in [1.807, 2.05) is 0 Å². The van der Waals surface area contributed by atoms with Crippen LogP contribution in [0.3, 0.4) is 0 Å². The summed E-state index contributed by atoms with van der Waals surface area (Å²) in [5.41, 5.74) is -0.0272. The largest absolute Gasteiger partial charge is 0.416 e. The minimum atomic E-state index is -4.32. The number of rotatable bonds is 2. The van der Waals surface area contributed by atoms with E-state index in [1.54, 1.807) is 11.9 Å². The highest BCUT2D eigenvalue weighted by Gasteiger charge is 2.31. The van der Waals surface area contributed by atoms with Gasteiger partial charge in [0.2, 0.25) is 0 Å². The van der Waals surface area contributed by atoms with E-state index < -0.39 is 11.7 Å². The summed E-state index contributed by atoms with van der Waals surface area (Å²) in [4.78, 5) is 13.4. The van der Waals surface area contributed by atoms with Crippen LogP contribution in [0.25, 0.3) is 0 Å². The van der Waals surface area contributed by atoms with Crippen molar-refractivity contribution >= 4 is 11.5 Å². The molecular formula is C13H14F3NO. The molecule has 0 spiro atoms. The number of likely N-dealkylation sites (N-methyl/N-ethyl adjacent to an activating group) is 1. The van der Waals surface area contributed by atoms with E-state index in [-0.39, 0.29) is 11.8 Å². The number of Topliss-reactive ketones (excluding diaryl/α,β-unsaturated/α-hetero) is 1. The van der Waals surface area contributed by atoms with Gasteiger partial charge < -0.3 is 4.90 Å². The van der Waals surface area contributed by atoms with Crippen LogP contribution < -0.4 is 4.90 Å². The minimum Gasteiger partial charge on any atom is -0.365 e. The Kier molecular flexibility index (Phi) is 3.32. The monoisotopic (exact) mass is 257 g/mol. The minimum absolute atomic E-state index is 0.164. The Bertz CT molecular complexity index is 439. The van der Waals surface area contributed by atoms with Crippen LogP contribution in [0.4, 0.5) is 18.9 Å². The fourth-order valence-electron chi connectivity index (χ4n) is 2.27. The van der Waals surface area contributed by atoms with Crippen molar-refractivity contribution in [3.05, 3.63) is 29.8 Å². The van der Waals surface area contributed by atoms with E-state index in [4.69, 9.17) is 0 Å². The van der Waals surface area contributed by atoms with Crippen molar-refractivity contribution in [2.24, 2.45) is 0 Å². The lowest BCUT2D eigenvalue weighted by Crippen LogP contribution is -2.34. The van der Waals surface area contributed by atoms with Crippen molar-refractivity contribution in [1.82, 2.24) is 0 Å². The van der Waals surface area contributed by atoms with Gasteiger partial charge in [-0.05, 0) is 37.1 Å². The van der Waals surface area contributed by atoms with Crippen LogP contribution in [0, 0.1) is 0 Å². The Morgan fingerprint density at radius 1 is 1.22 bits per heavy atom. The van der Waals surface area contributed by atoms with Gasteiger partial charge in [0.15, 0.2) is 5.78 Å². The van der Waals surface area contributed by atoms with Crippen molar-refractivity contribution in [3.63, 3.8) is 0 Å². The van der Waals surface area contributed by atoms with Crippen molar-refractivity contribution < 1.29 is 18.0 Å². The number of alkyl halides is 3. The molecule has 0 radical (unpaired) electrons. The average molecular weight is 257 g/mol. The highest BCUT2D eigenvalue weighted by molar-refractivity contribution is 5.89.